The van der Waals surface area contributed by atoms with E-state index in [2.05, 4.69) is 9.98 Å². The molecule has 1 saturated carbocycles. The van der Waals surface area contributed by atoms with Crippen LogP contribution >= 0.6 is 0 Å². The molecule has 0 spiro atoms. The van der Waals surface area contributed by atoms with Gasteiger partial charge in [-0.1, -0.05) is 19.1 Å². The molecule has 3 aromatic rings. The Labute approximate surface area is 216 Å². The monoisotopic (exact) mass is 501 g/mol. The van der Waals surface area contributed by atoms with Gasteiger partial charge in [-0.2, -0.15) is 0 Å². The molecule has 6 rings (SSSR count). The number of rotatable bonds is 5. The van der Waals surface area contributed by atoms with Crippen LogP contribution in [0.5, 0.6) is 0 Å². The standard InChI is InChI=1S/C29H32FN5O2/c1-28(2)26(36)35(16-18-9-12-34(15-18)27(37)29(3)10-11-29)25(32-28)21-7-5-19(13-22(21)30)20-6-8-24-23(14-20)31-17-33(24)4/h5-8,13-14,17-18H,9-12,15-16H2,1-4H3. The topological polar surface area (TPSA) is 70.8 Å². The van der Waals surface area contributed by atoms with E-state index in [9.17, 15) is 9.59 Å². The Morgan fingerprint density at radius 3 is 2.57 bits per heavy atom. The number of nitrogens with zero attached hydrogens (tertiary/aromatic N) is 5. The third-order valence-corrected chi connectivity index (χ3v) is 8.21. The van der Waals surface area contributed by atoms with Crippen molar-refractivity contribution >= 4 is 28.7 Å². The number of aryl methyl sites for hydroxylation is 1. The van der Waals surface area contributed by atoms with Crippen molar-refractivity contribution in [3.05, 3.63) is 54.1 Å². The van der Waals surface area contributed by atoms with Crippen molar-refractivity contribution in [1.29, 1.82) is 0 Å². The minimum Gasteiger partial charge on any atom is -0.342 e. The predicted molar refractivity (Wildman–Crippen MR) is 140 cm³/mol. The number of carbonyl (C=O) groups is 2. The van der Waals surface area contributed by atoms with Crippen molar-refractivity contribution in [3.63, 3.8) is 0 Å². The average molecular weight is 502 g/mol. The predicted octanol–water partition coefficient (Wildman–Crippen LogP) is 4.40. The third-order valence-electron chi connectivity index (χ3n) is 8.21. The van der Waals surface area contributed by atoms with Crippen molar-refractivity contribution in [2.75, 3.05) is 19.6 Å². The highest BCUT2D eigenvalue weighted by atomic mass is 19.1. The molecule has 3 heterocycles. The number of benzene rings is 2. The van der Waals surface area contributed by atoms with Crippen LogP contribution in [0.1, 0.15) is 45.6 Å². The lowest BCUT2D eigenvalue weighted by Crippen LogP contribution is -2.43. The summed E-state index contributed by atoms with van der Waals surface area (Å²) < 4.78 is 17.5. The summed E-state index contributed by atoms with van der Waals surface area (Å²) in [4.78, 5) is 38.8. The first-order valence-corrected chi connectivity index (χ1v) is 13.0. The highest BCUT2D eigenvalue weighted by Gasteiger charge is 2.49. The maximum atomic E-state index is 15.6. The first kappa shape index (κ1) is 23.8. The van der Waals surface area contributed by atoms with Crippen LogP contribution < -0.4 is 0 Å². The van der Waals surface area contributed by atoms with Crippen molar-refractivity contribution < 1.29 is 14.0 Å². The molecule has 1 aromatic heterocycles. The van der Waals surface area contributed by atoms with E-state index in [1.54, 1.807) is 31.1 Å². The van der Waals surface area contributed by atoms with Crippen LogP contribution in [0.25, 0.3) is 22.2 Å². The van der Waals surface area contributed by atoms with E-state index in [-0.39, 0.29) is 23.1 Å². The smallest absolute Gasteiger partial charge is 0.255 e. The van der Waals surface area contributed by atoms with Gasteiger partial charge >= 0.3 is 0 Å². The Kier molecular flexibility index (Phi) is 5.30. The van der Waals surface area contributed by atoms with Crippen LogP contribution in [-0.4, -0.2) is 62.2 Å². The fourth-order valence-corrected chi connectivity index (χ4v) is 5.57. The summed E-state index contributed by atoms with van der Waals surface area (Å²) in [6, 6.07) is 11.0. The van der Waals surface area contributed by atoms with Crippen molar-refractivity contribution in [2.45, 2.75) is 45.6 Å². The lowest BCUT2D eigenvalue weighted by molar-refractivity contribution is -0.135. The maximum Gasteiger partial charge on any atom is 0.255 e. The van der Waals surface area contributed by atoms with Gasteiger partial charge in [-0.3, -0.25) is 19.5 Å². The summed E-state index contributed by atoms with van der Waals surface area (Å²) in [5.74, 6) is 0.186. The fraction of sp³-hybridized carbons (Fsp3) is 0.448. The van der Waals surface area contributed by atoms with Gasteiger partial charge in [0.1, 0.15) is 17.2 Å². The number of likely N-dealkylation sites (tertiary alicyclic amines) is 1. The van der Waals surface area contributed by atoms with E-state index >= 15 is 4.39 Å². The number of aromatic nitrogens is 2. The van der Waals surface area contributed by atoms with E-state index in [0.717, 1.165) is 41.4 Å². The normalized spacial score (nSPS) is 22.1. The molecule has 2 aliphatic heterocycles. The highest BCUT2D eigenvalue weighted by molar-refractivity contribution is 6.15. The highest BCUT2D eigenvalue weighted by Crippen LogP contribution is 2.47. The number of halogens is 1. The number of aliphatic imine (C=N–C) groups is 1. The molecule has 1 saturated heterocycles. The molecule has 2 fully saturated rings. The molecular formula is C29H32FN5O2. The van der Waals surface area contributed by atoms with Crippen molar-refractivity contribution in [2.24, 2.45) is 23.4 Å². The first-order valence-electron chi connectivity index (χ1n) is 13.0. The van der Waals surface area contributed by atoms with Crippen molar-refractivity contribution in [3.8, 4) is 11.1 Å². The van der Waals surface area contributed by atoms with Crippen LogP contribution in [0, 0.1) is 17.2 Å². The van der Waals surface area contributed by atoms with Crippen LogP contribution in [0.2, 0.25) is 0 Å². The number of hydrogen-bond acceptors (Lipinski definition) is 4. The third kappa shape index (κ3) is 4.03. The number of fused-ring (bicyclic) bond motifs is 1. The summed E-state index contributed by atoms with van der Waals surface area (Å²) in [7, 11) is 1.94. The minimum absolute atomic E-state index is 0.134. The molecule has 7 nitrogen and oxygen atoms in total. The SMILES string of the molecule is Cn1cnc2cc(-c3ccc(C4=NC(C)(C)C(=O)N4CC4CCN(C(=O)C5(C)CC5)C4)c(F)c3)ccc21. The van der Waals surface area contributed by atoms with Gasteiger partial charge in [-0.15, -0.1) is 0 Å². The molecule has 192 valence electrons. The van der Waals surface area contributed by atoms with E-state index < -0.39 is 11.4 Å². The lowest BCUT2D eigenvalue weighted by atomic mass is 10.0. The average Bonchev–Trinajstić information content (AvgIpc) is 3.19. The van der Waals surface area contributed by atoms with E-state index in [1.165, 1.54) is 6.07 Å². The van der Waals surface area contributed by atoms with Crippen LogP contribution in [0.3, 0.4) is 0 Å². The van der Waals surface area contributed by atoms with Gasteiger partial charge < -0.3 is 9.47 Å². The van der Waals surface area contributed by atoms with Crippen LogP contribution in [-0.2, 0) is 16.6 Å². The van der Waals surface area contributed by atoms with Crippen LogP contribution in [0.4, 0.5) is 4.39 Å². The van der Waals surface area contributed by atoms with E-state index in [1.807, 2.05) is 47.7 Å². The number of carbonyl (C=O) groups excluding carboxylic acids is 2. The van der Waals surface area contributed by atoms with Crippen molar-refractivity contribution in [1.82, 2.24) is 19.4 Å². The Morgan fingerprint density at radius 2 is 1.84 bits per heavy atom. The van der Waals surface area contributed by atoms with Gasteiger partial charge in [-0.05, 0) is 74.4 Å². The van der Waals surface area contributed by atoms with E-state index in [0.29, 0.717) is 31.0 Å². The molecule has 0 N–H and O–H groups in total. The first-order chi connectivity index (χ1) is 17.6. The number of imidazole rings is 1. The second-order valence-electron chi connectivity index (χ2n) is 11.6. The Bertz CT molecular complexity index is 1470. The number of hydrogen-bond donors (Lipinski definition) is 0. The Balaban J connectivity index is 1.25. The molecule has 2 aromatic carbocycles. The zero-order chi connectivity index (χ0) is 26.1. The largest absolute Gasteiger partial charge is 0.342 e. The van der Waals surface area contributed by atoms with Crippen LogP contribution in [0.15, 0.2) is 47.7 Å². The van der Waals surface area contributed by atoms with Gasteiger partial charge in [-0.25, -0.2) is 9.37 Å². The molecule has 0 radical (unpaired) electrons. The van der Waals surface area contributed by atoms with Gasteiger partial charge in [0.2, 0.25) is 5.91 Å². The summed E-state index contributed by atoms with van der Waals surface area (Å²) in [5, 5.41) is 0. The Morgan fingerprint density at radius 1 is 1.11 bits per heavy atom. The fourth-order valence-electron chi connectivity index (χ4n) is 5.57. The summed E-state index contributed by atoms with van der Waals surface area (Å²) in [5.41, 5.74) is 2.64. The van der Waals surface area contributed by atoms with Gasteiger partial charge in [0.25, 0.3) is 5.91 Å². The molecule has 2 amide bonds. The zero-order valence-electron chi connectivity index (χ0n) is 21.8. The second-order valence-corrected chi connectivity index (χ2v) is 11.6. The van der Waals surface area contributed by atoms with Gasteiger partial charge in [0.15, 0.2) is 0 Å². The molecule has 37 heavy (non-hydrogen) atoms. The van der Waals surface area contributed by atoms with E-state index in [4.69, 9.17) is 0 Å². The zero-order valence-corrected chi connectivity index (χ0v) is 21.8. The number of amidine groups is 1. The molecular weight excluding hydrogens is 469 g/mol. The summed E-state index contributed by atoms with van der Waals surface area (Å²) in [6.45, 7) is 7.33. The maximum absolute atomic E-state index is 15.6. The summed E-state index contributed by atoms with van der Waals surface area (Å²) >= 11 is 0. The molecule has 8 heteroatoms. The van der Waals surface area contributed by atoms with Gasteiger partial charge in [0, 0.05) is 32.1 Å². The lowest BCUT2D eigenvalue weighted by Gasteiger charge is -2.25. The second kappa shape index (κ2) is 8.23. The minimum atomic E-state index is -0.958. The molecule has 3 aliphatic rings. The molecule has 1 unspecified atom stereocenters. The molecule has 0 bridgehead atoms. The molecule has 1 atom stereocenters. The van der Waals surface area contributed by atoms with Gasteiger partial charge in [0.05, 0.1) is 22.9 Å². The summed E-state index contributed by atoms with van der Waals surface area (Å²) in [6.07, 6.45) is 4.49. The molecule has 1 aliphatic carbocycles. The number of amides is 2. The quantitative estimate of drug-likeness (QED) is 0.521. The Hall–Kier alpha value is -3.55.